The predicted molar refractivity (Wildman–Crippen MR) is 110 cm³/mol. The molecular weight excluding hydrogens is 430 g/mol. The van der Waals surface area contributed by atoms with Gasteiger partial charge in [-0.05, 0) is 42.8 Å². The maximum Gasteiger partial charge on any atom is 0.289 e. The molecule has 3 rings (SSSR count). The molecule has 0 saturated heterocycles. The molecule has 0 aliphatic rings. The number of hydrogen-bond acceptors (Lipinski definition) is 3. The lowest BCUT2D eigenvalue weighted by Gasteiger charge is -2.03. The number of hydrazone groups is 1. The number of benzene rings is 2. The van der Waals surface area contributed by atoms with Crippen molar-refractivity contribution in [3.63, 3.8) is 0 Å². The van der Waals surface area contributed by atoms with E-state index in [0.29, 0.717) is 31.5 Å². The Bertz CT molecular complexity index is 1050. The van der Waals surface area contributed by atoms with E-state index in [4.69, 9.17) is 46.4 Å². The van der Waals surface area contributed by atoms with E-state index in [1.165, 1.54) is 0 Å². The fraction of sp³-hybridized carbons (Fsp3) is 0.0556. The van der Waals surface area contributed by atoms with Crippen LogP contribution in [0.4, 0.5) is 0 Å². The zero-order valence-electron chi connectivity index (χ0n) is 13.9. The molecule has 0 radical (unpaired) electrons. The fourth-order valence-electron chi connectivity index (χ4n) is 2.22. The second-order valence-corrected chi connectivity index (χ2v) is 7.19. The lowest BCUT2D eigenvalue weighted by atomic mass is 10.1. The van der Waals surface area contributed by atoms with E-state index in [0.717, 1.165) is 11.1 Å². The van der Waals surface area contributed by atoms with E-state index in [9.17, 15) is 4.79 Å². The minimum atomic E-state index is -0.437. The molecule has 0 aliphatic heterocycles. The van der Waals surface area contributed by atoms with E-state index < -0.39 is 5.91 Å². The highest BCUT2D eigenvalue weighted by Gasteiger charge is 2.12. The molecular formula is C18H12Cl4N4O. The minimum Gasteiger partial charge on any atom is -0.272 e. The summed E-state index contributed by atoms with van der Waals surface area (Å²) in [7, 11) is 0. The van der Waals surface area contributed by atoms with Crippen molar-refractivity contribution < 1.29 is 4.79 Å². The van der Waals surface area contributed by atoms with Gasteiger partial charge in [-0.15, -0.1) is 0 Å². The van der Waals surface area contributed by atoms with Crippen molar-refractivity contribution in [3.05, 3.63) is 73.8 Å². The van der Waals surface area contributed by atoms with Crippen molar-refractivity contribution in [1.82, 2.24) is 15.6 Å². The number of amides is 1. The monoisotopic (exact) mass is 440 g/mol. The summed E-state index contributed by atoms with van der Waals surface area (Å²) in [5.74, 6) is -0.437. The van der Waals surface area contributed by atoms with Crippen molar-refractivity contribution >= 4 is 58.0 Å². The number of halogens is 4. The van der Waals surface area contributed by atoms with Crippen LogP contribution in [-0.2, 0) is 0 Å². The van der Waals surface area contributed by atoms with Crippen LogP contribution in [0.25, 0.3) is 11.3 Å². The molecule has 0 saturated carbocycles. The maximum absolute atomic E-state index is 12.3. The molecule has 1 amide bonds. The first-order valence-electron chi connectivity index (χ1n) is 7.66. The molecule has 0 aliphatic carbocycles. The zero-order valence-corrected chi connectivity index (χ0v) is 16.9. The summed E-state index contributed by atoms with van der Waals surface area (Å²) in [6.07, 6.45) is 0. The first kappa shape index (κ1) is 19.7. The van der Waals surface area contributed by atoms with Crippen LogP contribution in [-0.4, -0.2) is 21.8 Å². The van der Waals surface area contributed by atoms with E-state index in [1.807, 2.05) is 0 Å². The zero-order chi connectivity index (χ0) is 19.6. The molecule has 0 atom stereocenters. The van der Waals surface area contributed by atoms with Gasteiger partial charge in [-0.2, -0.15) is 10.2 Å². The first-order chi connectivity index (χ1) is 12.8. The molecule has 0 unspecified atom stereocenters. The van der Waals surface area contributed by atoms with Crippen molar-refractivity contribution in [2.24, 2.45) is 5.10 Å². The summed E-state index contributed by atoms with van der Waals surface area (Å²) in [5, 5.41) is 12.6. The highest BCUT2D eigenvalue weighted by atomic mass is 35.5. The van der Waals surface area contributed by atoms with Crippen LogP contribution >= 0.6 is 46.4 Å². The van der Waals surface area contributed by atoms with E-state index >= 15 is 0 Å². The Kier molecular flexibility index (Phi) is 6.07. The number of rotatable bonds is 4. The van der Waals surface area contributed by atoms with Gasteiger partial charge in [0.25, 0.3) is 5.91 Å². The van der Waals surface area contributed by atoms with Crippen LogP contribution in [0, 0.1) is 0 Å². The normalized spacial score (nSPS) is 11.5. The van der Waals surface area contributed by atoms with Crippen molar-refractivity contribution in [3.8, 4) is 11.3 Å². The third-order valence-electron chi connectivity index (χ3n) is 3.70. The van der Waals surface area contributed by atoms with Gasteiger partial charge in [0, 0.05) is 5.56 Å². The summed E-state index contributed by atoms with van der Waals surface area (Å²) in [4.78, 5) is 12.3. The molecule has 0 fully saturated rings. The van der Waals surface area contributed by atoms with E-state index in [1.54, 1.807) is 49.4 Å². The first-order valence-corrected chi connectivity index (χ1v) is 9.17. The Morgan fingerprint density at radius 2 is 1.63 bits per heavy atom. The second-order valence-electron chi connectivity index (χ2n) is 5.56. The summed E-state index contributed by atoms with van der Waals surface area (Å²) < 4.78 is 0. The summed E-state index contributed by atoms with van der Waals surface area (Å²) >= 11 is 23.8. The van der Waals surface area contributed by atoms with Crippen LogP contribution in [0.3, 0.4) is 0 Å². The van der Waals surface area contributed by atoms with Crippen molar-refractivity contribution in [2.45, 2.75) is 6.92 Å². The van der Waals surface area contributed by atoms with E-state index in [2.05, 4.69) is 20.7 Å². The Labute approximate surface area is 175 Å². The number of aromatic nitrogens is 2. The molecule has 138 valence electrons. The molecule has 5 nitrogen and oxygen atoms in total. The number of aromatic amines is 1. The Morgan fingerprint density at radius 3 is 2.30 bits per heavy atom. The van der Waals surface area contributed by atoms with Crippen LogP contribution in [0.5, 0.6) is 0 Å². The molecule has 1 aromatic heterocycles. The Hall–Kier alpha value is -2.05. The van der Waals surface area contributed by atoms with Gasteiger partial charge in [0.05, 0.1) is 31.5 Å². The lowest BCUT2D eigenvalue weighted by molar-refractivity contribution is 0.0950. The number of nitrogens with one attached hydrogen (secondary N) is 2. The van der Waals surface area contributed by atoms with Gasteiger partial charge < -0.3 is 0 Å². The number of nitrogens with zero attached hydrogens (tertiary/aromatic N) is 2. The van der Waals surface area contributed by atoms with Gasteiger partial charge in [0.15, 0.2) is 0 Å². The standard InChI is InChI=1S/C18H12Cl4N4O/c1-9(10-2-4-12(19)14(21)6-10)23-26-18(27)17-8-16(24-25-17)11-3-5-13(20)15(22)7-11/h2-8H,1H3,(H,24,25)(H,26,27)/b23-9-. The minimum absolute atomic E-state index is 0.252. The Balaban J connectivity index is 1.74. The Morgan fingerprint density at radius 1 is 0.963 bits per heavy atom. The van der Waals surface area contributed by atoms with Crippen molar-refractivity contribution in [2.75, 3.05) is 0 Å². The fourth-order valence-corrected chi connectivity index (χ4v) is 2.82. The van der Waals surface area contributed by atoms with Crippen LogP contribution < -0.4 is 5.43 Å². The summed E-state index contributed by atoms with van der Waals surface area (Å²) in [6.45, 7) is 1.74. The molecule has 2 aromatic carbocycles. The third kappa shape index (κ3) is 4.62. The lowest BCUT2D eigenvalue weighted by Crippen LogP contribution is -2.19. The number of hydrogen-bond donors (Lipinski definition) is 2. The van der Waals surface area contributed by atoms with Crippen LogP contribution in [0.15, 0.2) is 47.6 Å². The van der Waals surface area contributed by atoms with Gasteiger partial charge >= 0.3 is 0 Å². The average Bonchev–Trinajstić information content (AvgIpc) is 3.14. The van der Waals surface area contributed by atoms with E-state index in [-0.39, 0.29) is 5.69 Å². The predicted octanol–water partition coefficient (Wildman–Crippen LogP) is 5.84. The average molecular weight is 442 g/mol. The van der Waals surface area contributed by atoms with Gasteiger partial charge in [-0.25, -0.2) is 5.43 Å². The van der Waals surface area contributed by atoms with Gasteiger partial charge in [-0.1, -0.05) is 58.5 Å². The largest absolute Gasteiger partial charge is 0.289 e. The topological polar surface area (TPSA) is 70.1 Å². The van der Waals surface area contributed by atoms with Crippen LogP contribution in [0.1, 0.15) is 23.0 Å². The number of carbonyl (C=O) groups is 1. The van der Waals surface area contributed by atoms with Gasteiger partial charge in [-0.3, -0.25) is 9.89 Å². The molecule has 0 bridgehead atoms. The van der Waals surface area contributed by atoms with Crippen LogP contribution in [0.2, 0.25) is 20.1 Å². The number of carbonyl (C=O) groups excluding carboxylic acids is 1. The molecule has 2 N–H and O–H groups in total. The van der Waals surface area contributed by atoms with Gasteiger partial charge in [0.2, 0.25) is 0 Å². The smallest absolute Gasteiger partial charge is 0.272 e. The summed E-state index contributed by atoms with van der Waals surface area (Å²) in [6, 6.07) is 11.8. The SMILES string of the molecule is C/C(=N/NC(=O)c1cc(-c2ccc(Cl)c(Cl)c2)n[nH]1)c1ccc(Cl)c(Cl)c1. The molecule has 27 heavy (non-hydrogen) atoms. The quantitative estimate of drug-likeness (QED) is 0.394. The second kappa shape index (κ2) is 8.31. The molecule has 1 heterocycles. The molecule has 9 heteroatoms. The third-order valence-corrected chi connectivity index (χ3v) is 5.18. The maximum atomic E-state index is 12.3. The summed E-state index contributed by atoms with van der Waals surface area (Å²) in [5.41, 5.74) is 5.33. The van der Waals surface area contributed by atoms with Crippen molar-refractivity contribution in [1.29, 1.82) is 0 Å². The highest BCUT2D eigenvalue weighted by molar-refractivity contribution is 6.42. The van der Waals surface area contributed by atoms with Gasteiger partial charge in [0.1, 0.15) is 5.69 Å². The molecule has 3 aromatic rings. The molecule has 0 spiro atoms. The number of H-pyrrole nitrogens is 1. The highest BCUT2D eigenvalue weighted by Crippen LogP contribution is 2.27.